The van der Waals surface area contributed by atoms with Gasteiger partial charge < -0.3 is 15.0 Å². The highest BCUT2D eigenvalue weighted by molar-refractivity contribution is 5.96. The maximum atomic E-state index is 12.3. The lowest BCUT2D eigenvalue weighted by Gasteiger charge is -2.41. The second-order valence-electron chi connectivity index (χ2n) is 6.33. The fourth-order valence-corrected chi connectivity index (χ4v) is 2.71. The quantitative estimate of drug-likeness (QED) is 0.912. The van der Waals surface area contributed by atoms with Crippen LogP contribution in [-0.4, -0.2) is 48.1 Å². The Morgan fingerprint density at radius 3 is 2.61 bits per heavy atom. The number of carbonyl (C=O) groups excluding carboxylic acids is 2. The Kier molecular flexibility index (Phi) is 5.02. The Balaban J connectivity index is 1.90. The van der Waals surface area contributed by atoms with Crippen LogP contribution in [-0.2, 0) is 9.53 Å². The van der Waals surface area contributed by atoms with Crippen LogP contribution >= 0.6 is 0 Å². The minimum absolute atomic E-state index is 0.0306. The third kappa shape index (κ3) is 4.54. The molecule has 1 fully saturated rings. The Morgan fingerprint density at radius 1 is 1.39 bits per heavy atom. The zero-order chi connectivity index (χ0) is 17.0. The van der Waals surface area contributed by atoms with Gasteiger partial charge in [0.1, 0.15) is 0 Å². The number of benzene rings is 1. The van der Waals surface area contributed by atoms with Crippen molar-refractivity contribution in [3.8, 4) is 6.07 Å². The van der Waals surface area contributed by atoms with E-state index in [1.54, 1.807) is 29.2 Å². The molecule has 1 saturated heterocycles. The molecule has 1 N–H and O–H groups in total. The van der Waals surface area contributed by atoms with Gasteiger partial charge >= 0.3 is 0 Å². The van der Waals surface area contributed by atoms with E-state index in [0.29, 0.717) is 24.2 Å². The fourth-order valence-electron chi connectivity index (χ4n) is 2.71. The molecule has 1 atom stereocenters. The summed E-state index contributed by atoms with van der Waals surface area (Å²) in [5.74, 6) is -0.460. The Hall–Kier alpha value is -2.39. The molecular weight excluding hydrogens is 294 g/mol. The summed E-state index contributed by atoms with van der Waals surface area (Å²) in [6.07, 6.45) is -0.0306. The van der Waals surface area contributed by atoms with Crippen molar-refractivity contribution in [2.75, 3.05) is 19.6 Å². The molecule has 23 heavy (non-hydrogen) atoms. The molecule has 0 aliphatic carbocycles. The summed E-state index contributed by atoms with van der Waals surface area (Å²) in [5, 5.41) is 11.4. The first-order valence-electron chi connectivity index (χ1n) is 7.55. The van der Waals surface area contributed by atoms with Crippen LogP contribution in [0, 0.1) is 11.3 Å². The van der Waals surface area contributed by atoms with Crippen molar-refractivity contribution < 1.29 is 14.3 Å². The maximum absolute atomic E-state index is 12.3. The topological polar surface area (TPSA) is 82.4 Å². The highest BCUT2D eigenvalue weighted by Gasteiger charge is 2.33. The lowest BCUT2D eigenvalue weighted by atomic mass is 10.1. The largest absolute Gasteiger partial charge is 0.369 e. The SMILES string of the molecule is C[C@H]1CN(C(=O)CNC(=O)c2ccc(C#N)cc2)CC(C)(C)O1. The van der Waals surface area contributed by atoms with E-state index in [-0.39, 0.29) is 30.1 Å². The first kappa shape index (κ1) is 17.0. The molecule has 1 aliphatic heterocycles. The summed E-state index contributed by atoms with van der Waals surface area (Å²) in [5.41, 5.74) is 0.527. The molecule has 0 aromatic heterocycles. The number of carbonyl (C=O) groups is 2. The minimum Gasteiger partial charge on any atom is -0.369 e. The number of nitrogens with zero attached hydrogens (tertiary/aromatic N) is 2. The molecule has 0 radical (unpaired) electrons. The van der Waals surface area contributed by atoms with E-state index in [2.05, 4.69) is 5.32 Å². The highest BCUT2D eigenvalue weighted by atomic mass is 16.5. The van der Waals surface area contributed by atoms with E-state index in [9.17, 15) is 9.59 Å². The van der Waals surface area contributed by atoms with Crippen molar-refractivity contribution in [2.24, 2.45) is 0 Å². The van der Waals surface area contributed by atoms with Crippen LogP contribution < -0.4 is 5.32 Å². The summed E-state index contributed by atoms with van der Waals surface area (Å²) in [6, 6.07) is 8.27. The third-order valence-corrected chi connectivity index (χ3v) is 3.60. The Labute approximate surface area is 136 Å². The second-order valence-corrected chi connectivity index (χ2v) is 6.33. The standard InChI is InChI=1S/C17H21N3O3/c1-12-10-20(11-17(2,3)23-12)15(21)9-19-16(22)14-6-4-13(8-18)5-7-14/h4-7,12H,9-11H2,1-3H3,(H,19,22)/t12-/m0/s1. The van der Waals surface area contributed by atoms with Crippen molar-refractivity contribution in [2.45, 2.75) is 32.5 Å². The second kappa shape index (κ2) is 6.80. The van der Waals surface area contributed by atoms with Gasteiger partial charge in [-0.25, -0.2) is 0 Å². The minimum atomic E-state index is -0.384. The summed E-state index contributed by atoms with van der Waals surface area (Å²) in [4.78, 5) is 26.0. The molecule has 0 bridgehead atoms. The molecular formula is C17H21N3O3. The van der Waals surface area contributed by atoms with E-state index in [1.807, 2.05) is 26.8 Å². The van der Waals surface area contributed by atoms with E-state index < -0.39 is 0 Å². The summed E-state index contributed by atoms with van der Waals surface area (Å²) in [6.45, 7) is 6.78. The van der Waals surface area contributed by atoms with E-state index in [1.165, 1.54) is 0 Å². The monoisotopic (exact) mass is 315 g/mol. The summed E-state index contributed by atoms with van der Waals surface area (Å²) in [7, 11) is 0. The molecule has 2 amide bonds. The number of rotatable bonds is 3. The number of ether oxygens (including phenoxy) is 1. The summed E-state index contributed by atoms with van der Waals surface area (Å²) < 4.78 is 5.76. The first-order chi connectivity index (χ1) is 10.8. The van der Waals surface area contributed by atoms with E-state index in [4.69, 9.17) is 10.00 Å². The number of morpholine rings is 1. The van der Waals surface area contributed by atoms with Crippen LogP contribution in [0.4, 0.5) is 0 Å². The lowest BCUT2D eigenvalue weighted by molar-refractivity contribution is -0.157. The smallest absolute Gasteiger partial charge is 0.251 e. The molecule has 6 heteroatoms. The Bertz CT molecular complexity index is 631. The van der Waals surface area contributed by atoms with Crippen molar-refractivity contribution in [1.82, 2.24) is 10.2 Å². The molecule has 1 aliphatic rings. The summed E-state index contributed by atoms with van der Waals surface area (Å²) >= 11 is 0. The van der Waals surface area contributed by atoms with Crippen LogP contribution in [0.5, 0.6) is 0 Å². The van der Waals surface area contributed by atoms with Gasteiger partial charge in [-0.2, -0.15) is 5.26 Å². The molecule has 6 nitrogen and oxygen atoms in total. The van der Waals surface area contributed by atoms with Gasteiger partial charge in [-0.3, -0.25) is 9.59 Å². The zero-order valence-electron chi connectivity index (χ0n) is 13.6. The van der Waals surface area contributed by atoms with E-state index in [0.717, 1.165) is 0 Å². The first-order valence-corrected chi connectivity index (χ1v) is 7.55. The Morgan fingerprint density at radius 2 is 2.04 bits per heavy atom. The number of hydrogen-bond donors (Lipinski definition) is 1. The average molecular weight is 315 g/mol. The van der Waals surface area contributed by atoms with E-state index >= 15 is 0 Å². The number of amides is 2. The molecule has 122 valence electrons. The highest BCUT2D eigenvalue weighted by Crippen LogP contribution is 2.20. The van der Waals surface area contributed by atoms with Gasteiger partial charge in [0.2, 0.25) is 5.91 Å². The van der Waals surface area contributed by atoms with Crippen molar-refractivity contribution in [3.05, 3.63) is 35.4 Å². The van der Waals surface area contributed by atoms with Gasteiger partial charge in [-0.15, -0.1) is 0 Å². The van der Waals surface area contributed by atoms with Gasteiger partial charge in [0.15, 0.2) is 0 Å². The molecule has 2 rings (SSSR count). The maximum Gasteiger partial charge on any atom is 0.251 e. The third-order valence-electron chi connectivity index (χ3n) is 3.60. The average Bonchev–Trinajstić information content (AvgIpc) is 2.50. The lowest BCUT2D eigenvalue weighted by Crippen LogP contribution is -2.55. The number of nitrogens with one attached hydrogen (secondary N) is 1. The fraction of sp³-hybridized carbons (Fsp3) is 0.471. The van der Waals surface area contributed by atoms with Crippen LogP contribution in [0.1, 0.15) is 36.7 Å². The predicted molar refractivity (Wildman–Crippen MR) is 84.7 cm³/mol. The number of hydrogen-bond acceptors (Lipinski definition) is 4. The molecule has 0 spiro atoms. The van der Waals surface area contributed by atoms with Crippen molar-refractivity contribution in [3.63, 3.8) is 0 Å². The van der Waals surface area contributed by atoms with Crippen LogP contribution in [0.2, 0.25) is 0 Å². The van der Waals surface area contributed by atoms with Crippen molar-refractivity contribution in [1.29, 1.82) is 5.26 Å². The van der Waals surface area contributed by atoms with Crippen molar-refractivity contribution >= 4 is 11.8 Å². The van der Waals surface area contributed by atoms with Gasteiger partial charge in [-0.05, 0) is 45.0 Å². The van der Waals surface area contributed by atoms with Gasteiger partial charge in [0, 0.05) is 18.7 Å². The normalized spacial score (nSPS) is 19.7. The molecule has 1 heterocycles. The molecule has 1 aromatic carbocycles. The van der Waals surface area contributed by atoms with Crippen LogP contribution in [0.15, 0.2) is 24.3 Å². The van der Waals surface area contributed by atoms with Crippen LogP contribution in [0.3, 0.4) is 0 Å². The van der Waals surface area contributed by atoms with Gasteiger partial charge in [0.25, 0.3) is 5.91 Å². The molecule has 0 saturated carbocycles. The number of nitriles is 1. The predicted octanol–water partition coefficient (Wildman–Crippen LogP) is 1.31. The molecule has 0 unspecified atom stereocenters. The zero-order valence-corrected chi connectivity index (χ0v) is 13.6. The van der Waals surface area contributed by atoms with Gasteiger partial charge in [0.05, 0.1) is 29.9 Å². The van der Waals surface area contributed by atoms with Gasteiger partial charge in [-0.1, -0.05) is 0 Å². The van der Waals surface area contributed by atoms with Crippen LogP contribution in [0.25, 0.3) is 0 Å². The molecule has 1 aromatic rings.